The van der Waals surface area contributed by atoms with Gasteiger partial charge in [0.1, 0.15) is 4.90 Å². The molecule has 1 aromatic heterocycles. The molecule has 3 rings (SSSR count). The van der Waals surface area contributed by atoms with Crippen LogP contribution in [0.1, 0.15) is 5.56 Å². The molecule has 0 bridgehead atoms. The number of para-hydroxylation sites is 1. The lowest BCUT2D eigenvalue weighted by atomic mass is 10.2. The van der Waals surface area contributed by atoms with Gasteiger partial charge < -0.3 is 5.73 Å². The van der Waals surface area contributed by atoms with Crippen molar-refractivity contribution in [2.24, 2.45) is 15.9 Å². The Balaban J connectivity index is 2.40. The SMILES string of the molecule is CN=C(N)Nc1nc2cc(Cl)c(S(N)(=O)=O)cc2n1-c1ccccc1C. The quantitative estimate of drug-likeness (QED) is 0.463. The van der Waals surface area contributed by atoms with E-state index in [1.54, 1.807) is 11.6 Å². The molecule has 8 nitrogen and oxygen atoms in total. The third-order valence-corrected chi connectivity index (χ3v) is 5.23. The Hall–Kier alpha value is -2.62. The molecule has 0 saturated carbocycles. The van der Waals surface area contributed by atoms with E-state index in [9.17, 15) is 8.42 Å². The number of nitrogens with one attached hydrogen (secondary N) is 1. The van der Waals surface area contributed by atoms with Gasteiger partial charge in [0.2, 0.25) is 16.0 Å². The van der Waals surface area contributed by atoms with Crippen LogP contribution in [0.2, 0.25) is 5.02 Å². The van der Waals surface area contributed by atoms with E-state index in [0.29, 0.717) is 17.0 Å². The first kappa shape index (κ1) is 18.2. The average Bonchev–Trinajstić information content (AvgIpc) is 2.90. The van der Waals surface area contributed by atoms with Crippen molar-refractivity contribution in [3.05, 3.63) is 47.0 Å². The number of aryl methyl sites for hydroxylation is 1. The number of benzene rings is 2. The average molecular weight is 393 g/mol. The van der Waals surface area contributed by atoms with Gasteiger partial charge in [-0.15, -0.1) is 0 Å². The lowest BCUT2D eigenvalue weighted by molar-refractivity contribution is 0.598. The van der Waals surface area contributed by atoms with Gasteiger partial charge in [0.25, 0.3) is 0 Å². The van der Waals surface area contributed by atoms with Gasteiger partial charge in [0, 0.05) is 7.05 Å². The van der Waals surface area contributed by atoms with Crippen LogP contribution in [-0.4, -0.2) is 31.0 Å². The lowest BCUT2D eigenvalue weighted by Crippen LogP contribution is -2.24. The first-order valence-electron chi connectivity index (χ1n) is 7.52. The van der Waals surface area contributed by atoms with Gasteiger partial charge in [-0.25, -0.2) is 18.5 Å². The summed E-state index contributed by atoms with van der Waals surface area (Å²) >= 11 is 6.08. The molecule has 0 saturated heterocycles. The predicted molar refractivity (Wildman–Crippen MR) is 103 cm³/mol. The number of anilines is 1. The number of hydrogen-bond acceptors (Lipinski definition) is 4. The van der Waals surface area contributed by atoms with E-state index < -0.39 is 10.0 Å². The smallest absolute Gasteiger partial charge is 0.239 e. The minimum absolute atomic E-state index is 0.00175. The monoisotopic (exact) mass is 392 g/mol. The van der Waals surface area contributed by atoms with Crippen molar-refractivity contribution in [3.8, 4) is 5.69 Å². The maximum Gasteiger partial charge on any atom is 0.239 e. The molecule has 0 spiro atoms. The summed E-state index contributed by atoms with van der Waals surface area (Å²) in [5, 5.41) is 8.19. The molecule has 0 radical (unpaired) electrons. The summed E-state index contributed by atoms with van der Waals surface area (Å²) in [5.74, 6) is 0.535. The molecular formula is C16H17ClN6O2S. The Labute approximate surface area is 155 Å². The maximum absolute atomic E-state index is 11.9. The van der Waals surface area contributed by atoms with Crippen molar-refractivity contribution in [2.45, 2.75) is 11.8 Å². The molecule has 0 amide bonds. The van der Waals surface area contributed by atoms with Crippen LogP contribution >= 0.6 is 11.6 Å². The van der Waals surface area contributed by atoms with Crippen molar-refractivity contribution in [3.63, 3.8) is 0 Å². The minimum atomic E-state index is -3.99. The summed E-state index contributed by atoms with van der Waals surface area (Å²) in [4.78, 5) is 8.17. The van der Waals surface area contributed by atoms with Crippen molar-refractivity contribution >= 4 is 44.6 Å². The van der Waals surface area contributed by atoms with Gasteiger partial charge >= 0.3 is 0 Å². The van der Waals surface area contributed by atoms with E-state index in [4.69, 9.17) is 22.5 Å². The van der Waals surface area contributed by atoms with Crippen LogP contribution in [0.15, 0.2) is 46.3 Å². The van der Waals surface area contributed by atoms with Crippen molar-refractivity contribution in [1.82, 2.24) is 9.55 Å². The highest BCUT2D eigenvalue weighted by atomic mass is 35.5. The van der Waals surface area contributed by atoms with Crippen LogP contribution in [0.4, 0.5) is 5.95 Å². The Morgan fingerprint density at radius 3 is 2.62 bits per heavy atom. The Morgan fingerprint density at radius 2 is 2.00 bits per heavy atom. The topological polar surface area (TPSA) is 128 Å². The summed E-state index contributed by atoms with van der Waals surface area (Å²) in [6.45, 7) is 1.93. The van der Waals surface area contributed by atoms with E-state index >= 15 is 0 Å². The van der Waals surface area contributed by atoms with Gasteiger partial charge in [-0.05, 0) is 30.7 Å². The molecule has 0 fully saturated rings. The summed E-state index contributed by atoms with van der Waals surface area (Å²) in [6.07, 6.45) is 0. The van der Waals surface area contributed by atoms with E-state index in [2.05, 4.69) is 15.3 Å². The minimum Gasteiger partial charge on any atom is -0.370 e. The molecule has 3 aromatic rings. The first-order valence-corrected chi connectivity index (χ1v) is 9.45. The predicted octanol–water partition coefficient (Wildman–Crippen LogP) is 1.99. The Morgan fingerprint density at radius 1 is 1.31 bits per heavy atom. The molecule has 1 heterocycles. The van der Waals surface area contributed by atoms with Crippen LogP contribution in [0.5, 0.6) is 0 Å². The Bertz CT molecular complexity index is 1140. The third-order valence-electron chi connectivity index (χ3n) is 3.85. The van der Waals surface area contributed by atoms with Gasteiger partial charge in [-0.2, -0.15) is 0 Å². The van der Waals surface area contributed by atoms with Gasteiger partial charge in [-0.3, -0.25) is 14.9 Å². The molecule has 0 unspecified atom stereocenters. The second-order valence-electron chi connectivity index (χ2n) is 5.61. The summed E-state index contributed by atoms with van der Waals surface area (Å²) in [6, 6.07) is 10.4. The van der Waals surface area contributed by atoms with Gasteiger partial charge in [-0.1, -0.05) is 29.8 Å². The molecule has 0 atom stereocenters. The summed E-state index contributed by atoms with van der Waals surface area (Å²) in [5.41, 5.74) is 8.53. The number of rotatable bonds is 3. The molecule has 0 aliphatic rings. The highest BCUT2D eigenvalue weighted by Crippen LogP contribution is 2.32. The van der Waals surface area contributed by atoms with Crippen LogP contribution in [0.25, 0.3) is 16.7 Å². The number of nitrogens with two attached hydrogens (primary N) is 2. The fraction of sp³-hybridized carbons (Fsp3) is 0.125. The van der Waals surface area contributed by atoms with Crippen LogP contribution in [0.3, 0.4) is 0 Å². The number of imidazole rings is 1. The van der Waals surface area contributed by atoms with Crippen molar-refractivity contribution in [1.29, 1.82) is 0 Å². The zero-order chi connectivity index (χ0) is 19.1. The standard InChI is InChI=1S/C16H17ClN6O2S/c1-9-5-3-4-6-12(9)23-13-8-14(26(19,24)25)10(17)7-11(13)21-16(23)22-15(18)20-2/h3-8H,1-2H3,(H2,19,24,25)(H3,18,20,21,22). The lowest BCUT2D eigenvalue weighted by Gasteiger charge is -2.13. The van der Waals surface area contributed by atoms with Crippen molar-refractivity contribution in [2.75, 3.05) is 12.4 Å². The maximum atomic E-state index is 11.9. The number of sulfonamides is 1. The van der Waals surface area contributed by atoms with E-state index in [-0.39, 0.29) is 15.9 Å². The number of hydrogen-bond donors (Lipinski definition) is 3. The molecule has 5 N–H and O–H groups in total. The molecular weight excluding hydrogens is 376 g/mol. The van der Waals surface area contributed by atoms with E-state index in [0.717, 1.165) is 11.3 Å². The molecule has 2 aromatic carbocycles. The number of guanidine groups is 1. The molecule has 10 heteroatoms. The zero-order valence-electron chi connectivity index (χ0n) is 14.1. The molecule has 136 valence electrons. The second kappa shape index (κ2) is 6.60. The van der Waals surface area contributed by atoms with E-state index in [1.807, 2.05) is 31.2 Å². The highest BCUT2D eigenvalue weighted by Gasteiger charge is 2.20. The number of nitrogens with zero attached hydrogens (tertiary/aromatic N) is 3. The second-order valence-corrected chi connectivity index (χ2v) is 7.54. The zero-order valence-corrected chi connectivity index (χ0v) is 15.6. The normalized spacial score (nSPS) is 12.5. The fourth-order valence-corrected chi connectivity index (χ4v) is 3.70. The number of fused-ring (bicyclic) bond motifs is 1. The molecule has 26 heavy (non-hydrogen) atoms. The number of primary sulfonamides is 1. The highest BCUT2D eigenvalue weighted by molar-refractivity contribution is 7.89. The summed E-state index contributed by atoms with van der Waals surface area (Å²) in [7, 11) is -2.45. The number of aromatic nitrogens is 2. The van der Waals surface area contributed by atoms with Crippen LogP contribution in [-0.2, 0) is 10.0 Å². The first-order chi connectivity index (χ1) is 12.2. The molecule has 0 aliphatic heterocycles. The number of aliphatic imine (C=N–C) groups is 1. The van der Waals surface area contributed by atoms with Gasteiger partial charge in [0.15, 0.2) is 5.96 Å². The van der Waals surface area contributed by atoms with Gasteiger partial charge in [0.05, 0.1) is 21.7 Å². The van der Waals surface area contributed by atoms with Crippen molar-refractivity contribution < 1.29 is 8.42 Å². The third kappa shape index (κ3) is 3.24. The van der Waals surface area contributed by atoms with E-state index in [1.165, 1.54) is 12.1 Å². The number of halogens is 1. The largest absolute Gasteiger partial charge is 0.370 e. The van der Waals surface area contributed by atoms with Crippen LogP contribution < -0.4 is 16.2 Å². The molecule has 0 aliphatic carbocycles. The fourth-order valence-electron chi connectivity index (χ4n) is 2.61. The summed E-state index contributed by atoms with van der Waals surface area (Å²) < 4.78 is 25.4. The Kier molecular flexibility index (Phi) is 4.61. The van der Waals surface area contributed by atoms with Crippen LogP contribution in [0, 0.1) is 6.92 Å².